The van der Waals surface area contributed by atoms with Crippen LogP contribution in [0.15, 0.2) is 146 Å². The van der Waals surface area contributed by atoms with Crippen molar-refractivity contribution in [1.82, 2.24) is 4.98 Å². The lowest BCUT2D eigenvalue weighted by molar-refractivity contribution is 1.17. The van der Waals surface area contributed by atoms with Crippen molar-refractivity contribution in [3.63, 3.8) is 0 Å². The summed E-state index contributed by atoms with van der Waals surface area (Å²) in [5.74, 6) is 0. The van der Waals surface area contributed by atoms with Crippen LogP contribution >= 0.6 is 0 Å². The van der Waals surface area contributed by atoms with Gasteiger partial charge in [-0.1, -0.05) is 84.9 Å². The highest BCUT2D eigenvalue weighted by molar-refractivity contribution is 6.04. The van der Waals surface area contributed by atoms with E-state index in [1.807, 2.05) is 24.3 Å². The third-order valence-electron chi connectivity index (χ3n) is 7.29. The Labute approximate surface area is 233 Å². The van der Waals surface area contributed by atoms with Gasteiger partial charge in [0.25, 0.3) is 0 Å². The van der Waals surface area contributed by atoms with Crippen molar-refractivity contribution in [2.75, 3.05) is 9.80 Å². The number of anilines is 6. The van der Waals surface area contributed by atoms with Crippen molar-refractivity contribution < 1.29 is 0 Å². The lowest BCUT2D eigenvalue weighted by atomic mass is 9.92. The lowest BCUT2D eigenvalue weighted by Crippen LogP contribution is -2.24. The minimum atomic E-state index is 0.403. The molecule has 0 aliphatic carbocycles. The van der Waals surface area contributed by atoms with Gasteiger partial charge in [-0.15, -0.1) is 0 Å². The van der Waals surface area contributed by atoms with Gasteiger partial charge in [-0.25, -0.2) is 4.98 Å². The molecule has 0 N–H and O–H groups in total. The van der Waals surface area contributed by atoms with Crippen LogP contribution in [0.2, 0.25) is 0 Å². The first-order valence-corrected chi connectivity index (χ1v) is 13.2. The highest BCUT2D eigenvalue weighted by atomic mass is 15.3. The summed E-state index contributed by atoms with van der Waals surface area (Å²) in [4.78, 5) is 8.88. The molecule has 1 aromatic heterocycles. The highest BCUT2D eigenvalue weighted by Crippen LogP contribution is 2.55. The van der Waals surface area contributed by atoms with Gasteiger partial charge in [-0.3, -0.25) is 0 Å². The summed E-state index contributed by atoms with van der Waals surface area (Å²) in [5, 5.41) is 9.48. The van der Waals surface area contributed by atoms with Crippen molar-refractivity contribution in [2.45, 2.75) is 0 Å². The SMILES string of the molecule is N#Cc1cc(-c2ccccc2-c2ccccc2N2c3ccccc3N(c3ccccc3)c3ccccc32)ccn1. The van der Waals surface area contributed by atoms with E-state index in [-0.39, 0.29) is 0 Å². The molecule has 0 saturated heterocycles. The number of hydrogen-bond acceptors (Lipinski definition) is 4. The molecule has 5 aromatic carbocycles. The summed E-state index contributed by atoms with van der Waals surface area (Å²) in [5.41, 5.74) is 11.2. The molecule has 0 atom stereocenters. The van der Waals surface area contributed by atoms with Gasteiger partial charge < -0.3 is 9.80 Å². The van der Waals surface area contributed by atoms with E-state index in [0.717, 1.165) is 56.4 Å². The first-order valence-electron chi connectivity index (χ1n) is 13.2. The van der Waals surface area contributed by atoms with Crippen LogP contribution < -0.4 is 9.80 Å². The Morgan fingerprint density at radius 2 is 0.975 bits per heavy atom. The minimum Gasteiger partial charge on any atom is -0.306 e. The van der Waals surface area contributed by atoms with Crippen LogP contribution in [0, 0.1) is 11.3 Å². The molecule has 6 aromatic rings. The largest absolute Gasteiger partial charge is 0.306 e. The molecule has 40 heavy (non-hydrogen) atoms. The Bertz CT molecular complexity index is 1840. The van der Waals surface area contributed by atoms with E-state index in [1.165, 1.54) is 0 Å². The minimum absolute atomic E-state index is 0.403. The Morgan fingerprint density at radius 3 is 1.60 bits per heavy atom. The van der Waals surface area contributed by atoms with E-state index in [9.17, 15) is 5.26 Å². The molecule has 1 aliphatic heterocycles. The van der Waals surface area contributed by atoms with E-state index in [2.05, 4.69) is 136 Å². The first kappa shape index (κ1) is 23.5. The lowest BCUT2D eigenvalue weighted by Gasteiger charge is -2.41. The number of aromatic nitrogens is 1. The van der Waals surface area contributed by atoms with E-state index in [1.54, 1.807) is 6.20 Å². The molecular weight excluding hydrogens is 488 g/mol. The van der Waals surface area contributed by atoms with Crippen LogP contribution in [-0.2, 0) is 0 Å². The maximum absolute atomic E-state index is 9.48. The summed E-state index contributed by atoms with van der Waals surface area (Å²) in [6.07, 6.45) is 1.70. The average molecular weight is 513 g/mol. The van der Waals surface area contributed by atoms with Crippen molar-refractivity contribution in [3.8, 4) is 28.3 Å². The molecule has 188 valence electrons. The van der Waals surface area contributed by atoms with Gasteiger partial charge in [0, 0.05) is 17.4 Å². The number of rotatable bonds is 4. The normalized spacial score (nSPS) is 11.9. The topological polar surface area (TPSA) is 43.2 Å². The van der Waals surface area contributed by atoms with E-state index >= 15 is 0 Å². The molecule has 4 nitrogen and oxygen atoms in total. The third kappa shape index (κ3) is 3.89. The monoisotopic (exact) mass is 512 g/mol. The quantitative estimate of drug-likeness (QED) is 0.235. The number of nitriles is 1. The maximum atomic E-state index is 9.48. The molecule has 1 aliphatic rings. The maximum Gasteiger partial charge on any atom is 0.141 e. The van der Waals surface area contributed by atoms with Crippen LogP contribution in [0.4, 0.5) is 34.1 Å². The Morgan fingerprint density at radius 1 is 0.475 bits per heavy atom. The number of pyridine rings is 1. The number of fused-ring (bicyclic) bond motifs is 2. The fourth-order valence-corrected chi connectivity index (χ4v) is 5.58. The van der Waals surface area contributed by atoms with Crippen molar-refractivity contribution in [2.24, 2.45) is 0 Å². The zero-order chi connectivity index (χ0) is 26.9. The smallest absolute Gasteiger partial charge is 0.141 e. The standard InChI is InChI=1S/C36H24N4/c37-25-27-24-26(22-23-38-27)29-14-4-5-15-30(29)31-16-6-7-17-32(31)40-35-20-10-8-18-33(35)39(28-12-2-1-3-13-28)34-19-9-11-21-36(34)40/h1-24H. The number of hydrogen-bond donors (Lipinski definition) is 0. The first-order chi connectivity index (χ1) is 19.8. The van der Waals surface area contributed by atoms with Gasteiger partial charge >= 0.3 is 0 Å². The number of nitrogens with zero attached hydrogens (tertiary/aromatic N) is 4. The van der Waals surface area contributed by atoms with Gasteiger partial charge in [-0.2, -0.15) is 5.26 Å². The molecule has 7 rings (SSSR count). The fourth-order valence-electron chi connectivity index (χ4n) is 5.58. The second-order valence-corrected chi connectivity index (χ2v) is 9.59. The van der Waals surface area contributed by atoms with E-state index < -0.39 is 0 Å². The van der Waals surface area contributed by atoms with Crippen molar-refractivity contribution in [3.05, 3.63) is 151 Å². The molecule has 0 amide bonds. The number of para-hydroxylation sites is 6. The predicted molar refractivity (Wildman–Crippen MR) is 163 cm³/mol. The van der Waals surface area contributed by atoms with Crippen LogP contribution in [-0.4, -0.2) is 4.98 Å². The van der Waals surface area contributed by atoms with Crippen molar-refractivity contribution >= 4 is 34.1 Å². The Balaban J connectivity index is 1.46. The van der Waals surface area contributed by atoms with E-state index in [0.29, 0.717) is 5.69 Å². The second-order valence-electron chi connectivity index (χ2n) is 9.59. The van der Waals surface area contributed by atoms with E-state index in [4.69, 9.17) is 0 Å². The van der Waals surface area contributed by atoms with Gasteiger partial charge in [0.1, 0.15) is 11.8 Å². The molecule has 4 heteroatoms. The average Bonchev–Trinajstić information content (AvgIpc) is 3.04. The predicted octanol–water partition coefficient (Wildman–Crippen LogP) is 9.54. The van der Waals surface area contributed by atoms with Crippen LogP contribution in [0.5, 0.6) is 0 Å². The third-order valence-corrected chi connectivity index (χ3v) is 7.29. The van der Waals surface area contributed by atoms with Crippen molar-refractivity contribution in [1.29, 1.82) is 5.26 Å². The van der Waals surface area contributed by atoms with Crippen LogP contribution in [0.25, 0.3) is 22.3 Å². The summed E-state index contributed by atoms with van der Waals surface area (Å²) < 4.78 is 0. The summed E-state index contributed by atoms with van der Waals surface area (Å²) >= 11 is 0. The number of benzene rings is 5. The Hall–Kier alpha value is -5.66. The molecule has 0 spiro atoms. The van der Waals surface area contributed by atoms with Gasteiger partial charge in [-0.05, 0) is 71.3 Å². The summed E-state index contributed by atoms with van der Waals surface area (Å²) in [7, 11) is 0. The molecule has 0 bridgehead atoms. The molecule has 0 radical (unpaired) electrons. The fraction of sp³-hybridized carbons (Fsp3) is 0. The molecule has 0 fully saturated rings. The summed E-state index contributed by atoms with van der Waals surface area (Å²) in [6, 6.07) is 50.5. The van der Waals surface area contributed by atoms with Gasteiger partial charge in [0.05, 0.1) is 28.4 Å². The molecular formula is C36H24N4. The van der Waals surface area contributed by atoms with Gasteiger partial charge in [0.15, 0.2) is 0 Å². The zero-order valence-electron chi connectivity index (χ0n) is 21.6. The summed E-state index contributed by atoms with van der Waals surface area (Å²) in [6.45, 7) is 0. The second kappa shape index (κ2) is 9.90. The molecule has 0 unspecified atom stereocenters. The molecule has 2 heterocycles. The van der Waals surface area contributed by atoms with Crippen LogP contribution in [0.3, 0.4) is 0 Å². The van der Waals surface area contributed by atoms with Crippen LogP contribution in [0.1, 0.15) is 5.69 Å². The van der Waals surface area contributed by atoms with Gasteiger partial charge in [0.2, 0.25) is 0 Å². The zero-order valence-corrected chi connectivity index (χ0v) is 21.6. The molecule has 0 saturated carbocycles. The Kier molecular flexibility index (Phi) is 5.81. The highest BCUT2D eigenvalue weighted by Gasteiger charge is 2.31.